The Morgan fingerprint density at radius 3 is 2.62 bits per heavy atom. The maximum absolute atomic E-state index is 12.4. The molecule has 1 aliphatic carbocycles. The fourth-order valence-electron chi connectivity index (χ4n) is 3.23. The van der Waals surface area contributed by atoms with Crippen LogP contribution in [0.4, 0.5) is 0 Å². The number of amides is 1. The van der Waals surface area contributed by atoms with E-state index in [1.165, 1.54) is 19.2 Å². The zero-order valence-corrected chi connectivity index (χ0v) is 17.6. The van der Waals surface area contributed by atoms with Gasteiger partial charge in [0.15, 0.2) is 18.1 Å². The molecule has 29 heavy (non-hydrogen) atoms. The van der Waals surface area contributed by atoms with E-state index in [1.54, 1.807) is 0 Å². The lowest BCUT2D eigenvalue weighted by Crippen LogP contribution is -2.50. The second kappa shape index (κ2) is 10.9. The quantitative estimate of drug-likeness (QED) is 0.476. The van der Waals surface area contributed by atoms with Crippen molar-refractivity contribution in [3.05, 3.63) is 22.7 Å². The van der Waals surface area contributed by atoms with E-state index in [4.69, 9.17) is 25.8 Å². The van der Waals surface area contributed by atoms with E-state index in [0.717, 1.165) is 32.1 Å². The van der Waals surface area contributed by atoms with Crippen LogP contribution in [0.5, 0.6) is 11.5 Å². The molecule has 0 bridgehead atoms. The van der Waals surface area contributed by atoms with E-state index in [-0.39, 0.29) is 10.6 Å². The molecule has 1 aromatic rings. The maximum atomic E-state index is 12.4. The molecule has 1 saturated carbocycles. The van der Waals surface area contributed by atoms with Gasteiger partial charge in [-0.15, -0.1) is 0 Å². The average molecular weight is 423 g/mol. The molecule has 1 amide bonds. The number of methoxy groups -OCH3 is 1. The minimum Gasteiger partial charge on any atom is -0.493 e. The average Bonchev–Trinajstić information content (AvgIpc) is 2.73. The third kappa shape index (κ3) is 6.26. The normalized spacial score (nSPS) is 15.1. The second-order valence-corrected chi connectivity index (χ2v) is 7.48. The van der Waals surface area contributed by atoms with Gasteiger partial charge in [-0.05, 0) is 31.4 Å². The van der Waals surface area contributed by atoms with Gasteiger partial charge >= 0.3 is 5.97 Å². The van der Waals surface area contributed by atoms with Crippen LogP contribution in [-0.4, -0.2) is 37.7 Å². The number of nitriles is 1. The predicted molar refractivity (Wildman–Crippen MR) is 108 cm³/mol. The van der Waals surface area contributed by atoms with E-state index >= 15 is 0 Å². The van der Waals surface area contributed by atoms with Gasteiger partial charge in [0, 0.05) is 0 Å². The highest BCUT2D eigenvalue weighted by atomic mass is 35.5. The summed E-state index contributed by atoms with van der Waals surface area (Å²) in [5, 5.41) is 12.4. The van der Waals surface area contributed by atoms with Gasteiger partial charge in [0.25, 0.3) is 5.91 Å². The topological polar surface area (TPSA) is 97.6 Å². The zero-order valence-electron chi connectivity index (χ0n) is 16.9. The highest BCUT2D eigenvalue weighted by Gasteiger charge is 2.33. The third-order valence-corrected chi connectivity index (χ3v) is 5.12. The van der Waals surface area contributed by atoms with E-state index < -0.39 is 24.0 Å². The molecule has 0 radical (unpaired) electrons. The Bertz CT molecular complexity index is 769. The number of ether oxygens (including phenoxy) is 3. The van der Waals surface area contributed by atoms with Gasteiger partial charge in [-0.25, -0.2) is 4.79 Å². The van der Waals surface area contributed by atoms with Crippen molar-refractivity contribution in [2.24, 2.45) is 0 Å². The van der Waals surface area contributed by atoms with Crippen LogP contribution in [0, 0.1) is 11.3 Å². The molecular formula is C21H27ClN2O5. The molecule has 7 nitrogen and oxygen atoms in total. The molecule has 0 atom stereocenters. The molecule has 158 valence electrons. The summed E-state index contributed by atoms with van der Waals surface area (Å²) in [6.45, 7) is 2.05. The first-order valence-corrected chi connectivity index (χ1v) is 10.2. The summed E-state index contributed by atoms with van der Waals surface area (Å²) >= 11 is 6.24. The maximum Gasteiger partial charge on any atom is 0.338 e. The van der Waals surface area contributed by atoms with Crippen LogP contribution < -0.4 is 14.8 Å². The summed E-state index contributed by atoms with van der Waals surface area (Å²) < 4.78 is 16.0. The lowest BCUT2D eigenvalue weighted by molar-refractivity contribution is -0.125. The molecule has 0 heterocycles. The summed E-state index contributed by atoms with van der Waals surface area (Å²) in [6, 6.07) is 5.08. The lowest BCUT2D eigenvalue weighted by atomic mass is 9.83. The number of rotatable bonds is 9. The van der Waals surface area contributed by atoms with Crippen LogP contribution in [0.2, 0.25) is 5.02 Å². The first-order chi connectivity index (χ1) is 13.9. The van der Waals surface area contributed by atoms with E-state index in [9.17, 15) is 14.9 Å². The molecular weight excluding hydrogens is 396 g/mol. The standard InChI is InChI=1S/C21H27ClN2O5/c1-3-4-10-28-19-16(22)11-15(12-17(19)27-2)20(26)29-13-18(25)24-21(14-23)8-6-5-7-9-21/h11-12H,3-10,13H2,1-2H3,(H,24,25). The van der Waals surface area contributed by atoms with Crippen molar-refractivity contribution in [3.63, 3.8) is 0 Å². The van der Waals surface area contributed by atoms with Crippen molar-refractivity contribution in [2.75, 3.05) is 20.3 Å². The molecule has 0 saturated heterocycles. The summed E-state index contributed by atoms with van der Waals surface area (Å²) in [6.07, 6.45) is 5.87. The van der Waals surface area contributed by atoms with Crippen LogP contribution in [0.15, 0.2) is 12.1 Å². The van der Waals surface area contributed by atoms with Crippen molar-refractivity contribution in [3.8, 4) is 17.6 Å². The van der Waals surface area contributed by atoms with Crippen molar-refractivity contribution in [1.29, 1.82) is 5.26 Å². The molecule has 8 heteroatoms. The number of hydrogen-bond acceptors (Lipinski definition) is 6. The largest absolute Gasteiger partial charge is 0.493 e. The van der Waals surface area contributed by atoms with Crippen LogP contribution in [0.1, 0.15) is 62.2 Å². The minimum atomic E-state index is -0.869. The number of nitrogens with one attached hydrogen (secondary N) is 1. The van der Waals surface area contributed by atoms with Crippen molar-refractivity contribution in [2.45, 2.75) is 57.4 Å². The smallest absolute Gasteiger partial charge is 0.338 e. The fourth-order valence-corrected chi connectivity index (χ4v) is 3.50. The van der Waals surface area contributed by atoms with E-state index in [2.05, 4.69) is 11.4 Å². The molecule has 0 unspecified atom stereocenters. The SMILES string of the molecule is CCCCOc1c(Cl)cc(C(=O)OCC(=O)NC2(C#N)CCCCC2)cc1OC. The van der Waals surface area contributed by atoms with E-state index in [0.29, 0.717) is 30.9 Å². The van der Waals surface area contributed by atoms with Crippen LogP contribution >= 0.6 is 11.6 Å². The van der Waals surface area contributed by atoms with Gasteiger partial charge < -0.3 is 19.5 Å². The van der Waals surface area contributed by atoms with Gasteiger partial charge in [-0.1, -0.05) is 44.2 Å². The number of carbonyl (C=O) groups excluding carboxylic acids is 2. The predicted octanol–water partition coefficient (Wildman–Crippen LogP) is 4.03. The summed E-state index contributed by atoms with van der Waals surface area (Å²) in [4.78, 5) is 24.6. The monoisotopic (exact) mass is 422 g/mol. The molecule has 0 spiro atoms. The first kappa shape index (κ1) is 22.8. The Labute approximate surface area is 176 Å². The zero-order chi connectivity index (χ0) is 21.3. The molecule has 0 aliphatic heterocycles. The molecule has 1 fully saturated rings. The fraction of sp³-hybridized carbons (Fsp3) is 0.571. The number of carbonyl (C=O) groups is 2. The highest BCUT2D eigenvalue weighted by Crippen LogP contribution is 2.36. The molecule has 1 aliphatic rings. The Kier molecular flexibility index (Phi) is 8.59. The van der Waals surface area contributed by atoms with Gasteiger partial charge in [0.1, 0.15) is 5.54 Å². The van der Waals surface area contributed by atoms with Gasteiger partial charge in [0.05, 0.1) is 30.4 Å². The number of halogens is 1. The van der Waals surface area contributed by atoms with Crippen molar-refractivity contribution >= 4 is 23.5 Å². The molecule has 0 aromatic heterocycles. The minimum absolute atomic E-state index is 0.148. The summed E-state index contributed by atoms with van der Waals surface area (Å²) in [5.41, 5.74) is -0.721. The van der Waals surface area contributed by atoms with Gasteiger partial charge in [0.2, 0.25) is 0 Å². The Balaban J connectivity index is 1.98. The van der Waals surface area contributed by atoms with Crippen LogP contribution in [0.3, 0.4) is 0 Å². The van der Waals surface area contributed by atoms with E-state index in [1.807, 2.05) is 6.92 Å². The Morgan fingerprint density at radius 2 is 2.00 bits per heavy atom. The number of benzene rings is 1. The first-order valence-electron chi connectivity index (χ1n) is 9.84. The van der Waals surface area contributed by atoms with Crippen LogP contribution in [0.25, 0.3) is 0 Å². The van der Waals surface area contributed by atoms with Gasteiger partial charge in [-0.3, -0.25) is 4.79 Å². The summed E-state index contributed by atoms with van der Waals surface area (Å²) in [7, 11) is 1.45. The third-order valence-electron chi connectivity index (χ3n) is 4.84. The van der Waals surface area contributed by atoms with Crippen molar-refractivity contribution < 1.29 is 23.8 Å². The van der Waals surface area contributed by atoms with Gasteiger partial charge in [-0.2, -0.15) is 5.26 Å². The molecule has 1 aromatic carbocycles. The molecule has 2 rings (SSSR count). The summed E-state index contributed by atoms with van der Waals surface area (Å²) in [5.74, 6) is -0.532. The number of unbranched alkanes of at least 4 members (excludes halogenated alkanes) is 1. The number of hydrogen-bond donors (Lipinski definition) is 1. The number of esters is 1. The lowest BCUT2D eigenvalue weighted by Gasteiger charge is -2.31. The second-order valence-electron chi connectivity index (χ2n) is 7.07. The number of nitrogens with zero attached hydrogens (tertiary/aromatic N) is 1. The molecule has 1 N–H and O–H groups in total. The Morgan fingerprint density at radius 1 is 1.28 bits per heavy atom. The Hall–Kier alpha value is -2.46. The highest BCUT2D eigenvalue weighted by molar-refractivity contribution is 6.32. The van der Waals surface area contributed by atoms with Crippen molar-refractivity contribution in [1.82, 2.24) is 5.32 Å². The van der Waals surface area contributed by atoms with Crippen LogP contribution in [-0.2, 0) is 9.53 Å².